The van der Waals surface area contributed by atoms with Crippen molar-refractivity contribution in [1.29, 1.82) is 0 Å². The Hall–Kier alpha value is -2.15. The van der Waals surface area contributed by atoms with Crippen molar-refractivity contribution in [3.8, 4) is 5.75 Å². The van der Waals surface area contributed by atoms with Crippen molar-refractivity contribution in [2.24, 2.45) is 0 Å². The number of pyridine rings is 1. The number of piperidine rings is 1. The zero-order valence-corrected chi connectivity index (χ0v) is 14.0. The predicted octanol–water partition coefficient (Wildman–Crippen LogP) is 0.272. The predicted molar refractivity (Wildman–Crippen MR) is 88.5 cm³/mol. The maximum atomic E-state index is 12.7. The van der Waals surface area contributed by atoms with E-state index in [-0.39, 0.29) is 17.9 Å². The molecule has 0 aromatic carbocycles. The van der Waals surface area contributed by atoms with Crippen LogP contribution in [0, 0.1) is 0 Å². The van der Waals surface area contributed by atoms with Crippen LogP contribution in [-0.2, 0) is 9.59 Å². The van der Waals surface area contributed by atoms with Gasteiger partial charge in [0.25, 0.3) is 5.91 Å². The van der Waals surface area contributed by atoms with Crippen LogP contribution in [-0.4, -0.2) is 71.5 Å². The summed E-state index contributed by atoms with van der Waals surface area (Å²) in [5.74, 6) is 0.676. The fourth-order valence-electron chi connectivity index (χ4n) is 3.35. The lowest BCUT2D eigenvalue weighted by atomic mass is 10.0. The van der Waals surface area contributed by atoms with Crippen LogP contribution in [0.2, 0.25) is 0 Å². The number of aromatic nitrogens is 1. The lowest BCUT2D eigenvalue weighted by molar-refractivity contribution is -0.144. The monoisotopic (exact) mass is 332 g/mol. The van der Waals surface area contributed by atoms with E-state index in [1.165, 1.54) is 0 Å². The van der Waals surface area contributed by atoms with Gasteiger partial charge in [-0.25, -0.2) is 0 Å². The molecule has 0 saturated carbocycles. The lowest BCUT2D eigenvalue weighted by Crippen LogP contribution is -2.58. The Bertz CT molecular complexity index is 580. The highest BCUT2D eigenvalue weighted by atomic mass is 16.5. The lowest BCUT2D eigenvalue weighted by Gasteiger charge is -2.41. The van der Waals surface area contributed by atoms with Crippen molar-refractivity contribution < 1.29 is 14.3 Å². The van der Waals surface area contributed by atoms with Crippen LogP contribution in [0.3, 0.4) is 0 Å². The smallest absolute Gasteiger partial charge is 0.263 e. The first-order valence-electron chi connectivity index (χ1n) is 8.51. The van der Waals surface area contributed by atoms with Crippen molar-refractivity contribution in [3.05, 3.63) is 24.5 Å². The molecule has 2 amide bonds. The van der Waals surface area contributed by atoms with Crippen LogP contribution in [0.25, 0.3) is 0 Å². The molecule has 130 valence electrons. The summed E-state index contributed by atoms with van der Waals surface area (Å²) >= 11 is 0. The minimum atomic E-state index is -0.563. The molecular formula is C17H24N4O3. The zero-order chi connectivity index (χ0) is 16.9. The number of hydrogen-bond donors (Lipinski definition) is 1. The van der Waals surface area contributed by atoms with Crippen molar-refractivity contribution in [3.63, 3.8) is 0 Å². The highest BCUT2D eigenvalue weighted by Gasteiger charge is 2.33. The number of rotatable bonds is 4. The Labute approximate surface area is 142 Å². The Morgan fingerprint density at radius 3 is 3.08 bits per heavy atom. The molecule has 2 saturated heterocycles. The molecule has 0 spiro atoms. The van der Waals surface area contributed by atoms with Crippen LogP contribution >= 0.6 is 0 Å². The third-order valence-corrected chi connectivity index (χ3v) is 4.57. The normalized spacial score (nSPS) is 23.0. The molecule has 0 radical (unpaired) electrons. The van der Waals surface area contributed by atoms with Gasteiger partial charge < -0.3 is 19.9 Å². The Balaban J connectivity index is 1.59. The molecule has 2 atom stereocenters. The number of carbonyl (C=O) groups is 2. The molecule has 2 fully saturated rings. The molecule has 2 aliphatic rings. The quantitative estimate of drug-likeness (QED) is 0.857. The zero-order valence-electron chi connectivity index (χ0n) is 14.0. The number of piperazine rings is 1. The largest absolute Gasteiger partial charge is 0.479 e. The van der Waals surface area contributed by atoms with E-state index in [4.69, 9.17) is 4.74 Å². The van der Waals surface area contributed by atoms with E-state index in [9.17, 15) is 9.59 Å². The Morgan fingerprint density at radius 2 is 2.33 bits per heavy atom. The molecule has 7 nitrogen and oxygen atoms in total. The summed E-state index contributed by atoms with van der Waals surface area (Å²) in [5.41, 5.74) is 0. The molecule has 3 heterocycles. The average molecular weight is 332 g/mol. The number of ether oxygens (including phenoxy) is 1. The first-order valence-corrected chi connectivity index (χ1v) is 8.51. The van der Waals surface area contributed by atoms with Gasteiger partial charge in [-0.15, -0.1) is 0 Å². The SMILES string of the molecule is CC(Oc1cccnc1)C(=O)N1CCCC(N2CCNCC2=O)C1. The number of hydrogen-bond acceptors (Lipinski definition) is 5. The first kappa shape index (κ1) is 16.7. The number of amides is 2. The fourth-order valence-corrected chi connectivity index (χ4v) is 3.35. The van der Waals surface area contributed by atoms with Crippen LogP contribution in [0.5, 0.6) is 5.75 Å². The van der Waals surface area contributed by atoms with Crippen LogP contribution < -0.4 is 10.1 Å². The second kappa shape index (κ2) is 7.61. The van der Waals surface area contributed by atoms with Crippen molar-refractivity contribution >= 4 is 11.8 Å². The van der Waals surface area contributed by atoms with Crippen molar-refractivity contribution in [2.45, 2.75) is 31.9 Å². The summed E-state index contributed by atoms with van der Waals surface area (Å²) < 4.78 is 5.69. The molecule has 1 N–H and O–H groups in total. The first-order chi connectivity index (χ1) is 11.6. The topological polar surface area (TPSA) is 74.8 Å². The summed E-state index contributed by atoms with van der Waals surface area (Å²) in [6.07, 6.45) is 4.56. The Morgan fingerprint density at radius 1 is 1.46 bits per heavy atom. The van der Waals surface area contributed by atoms with Gasteiger partial charge in [0, 0.05) is 38.4 Å². The second-order valence-corrected chi connectivity index (χ2v) is 6.29. The molecule has 24 heavy (non-hydrogen) atoms. The van der Waals surface area contributed by atoms with E-state index in [2.05, 4.69) is 10.3 Å². The summed E-state index contributed by atoms with van der Waals surface area (Å²) in [6, 6.07) is 3.68. The molecule has 0 bridgehead atoms. The van der Waals surface area contributed by atoms with Gasteiger partial charge in [0.1, 0.15) is 5.75 Å². The van der Waals surface area contributed by atoms with E-state index in [0.29, 0.717) is 25.4 Å². The summed E-state index contributed by atoms with van der Waals surface area (Å²) in [4.78, 5) is 32.5. The average Bonchev–Trinajstić information content (AvgIpc) is 2.62. The molecular weight excluding hydrogens is 308 g/mol. The van der Waals surface area contributed by atoms with Crippen molar-refractivity contribution in [2.75, 3.05) is 32.7 Å². The van der Waals surface area contributed by atoms with Gasteiger partial charge in [-0.3, -0.25) is 14.6 Å². The van der Waals surface area contributed by atoms with Crippen LogP contribution in [0.4, 0.5) is 0 Å². The Kier molecular flexibility index (Phi) is 5.30. The number of nitrogens with one attached hydrogen (secondary N) is 1. The molecule has 2 unspecified atom stereocenters. The van der Waals surface area contributed by atoms with Gasteiger partial charge in [0.05, 0.1) is 12.7 Å². The summed E-state index contributed by atoms with van der Waals surface area (Å²) in [7, 11) is 0. The van der Waals surface area contributed by atoms with Crippen LogP contribution in [0.1, 0.15) is 19.8 Å². The van der Waals surface area contributed by atoms with Crippen molar-refractivity contribution in [1.82, 2.24) is 20.1 Å². The highest BCUT2D eigenvalue weighted by molar-refractivity contribution is 5.82. The molecule has 1 aromatic rings. The van der Waals surface area contributed by atoms with Crippen LogP contribution in [0.15, 0.2) is 24.5 Å². The number of carbonyl (C=O) groups excluding carboxylic acids is 2. The van der Waals surface area contributed by atoms with Gasteiger partial charge in [-0.1, -0.05) is 0 Å². The van der Waals surface area contributed by atoms with Gasteiger partial charge in [0.15, 0.2) is 6.10 Å². The van der Waals surface area contributed by atoms with E-state index >= 15 is 0 Å². The number of nitrogens with zero attached hydrogens (tertiary/aromatic N) is 3. The molecule has 7 heteroatoms. The number of likely N-dealkylation sites (tertiary alicyclic amines) is 1. The fraction of sp³-hybridized carbons (Fsp3) is 0.588. The minimum Gasteiger partial charge on any atom is -0.479 e. The molecule has 3 rings (SSSR count). The molecule has 1 aromatic heterocycles. The van der Waals surface area contributed by atoms with Gasteiger partial charge in [-0.05, 0) is 31.9 Å². The maximum Gasteiger partial charge on any atom is 0.263 e. The summed E-state index contributed by atoms with van der Waals surface area (Å²) in [5, 5.41) is 3.09. The van der Waals surface area contributed by atoms with E-state index in [1.807, 2.05) is 9.80 Å². The highest BCUT2D eigenvalue weighted by Crippen LogP contribution is 2.19. The van der Waals surface area contributed by atoms with Gasteiger partial charge in [0.2, 0.25) is 5.91 Å². The molecule has 2 aliphatic heterocycles. The van der Waals surface area contributed by atoms with Gasteiger partial charge in [-0.2, -0.15) is 0 Å². The van der Waals surface area contributed by atoms with E-state index in [0.717, 1.165) is 25.9 Å². The summed E-state index contributed by atoms with van der Waals surface area (Å²) in [6.45, 7) is 4.99. The van der Waals surface area contributed by atoms with E-state index in [1.54, 1.807) is 31.5 Å². The standard InChI is InChI=1S/C17H24N4O3/c1-13(24-15-5-2-6-18-10-15)17(23)20-8-3-4-14(12-20)21-9-7-19-11-16(21)22/h2,5-6,10,13-14,19H,3-4,7-9,11-12H2,1H3. The van der Waals surface area contributed by atoms with E-state index < -0.39 is 6.10 Å². The minimum absolute atomic E-state index is 0.0360. The third kappa shape index (κ3) is 3.84. The third-order valence-electron chi connectivity index (χ3n) is 4.57. The molecule has 0 aliphatic carbocycles. The van der Waals surface area contributed by atoms with Gasteiger partial charge >= 0.3 is 0 Å². The second-order valence-electron chi connectivity index (χ2n) is 6.29. The maximum absolute atomic E-state index is 12.7.